The topological polar surface area (TPSA) is 12.0 Å². The van der Waals surface area contributed by atoms with Crippen molar-refractivity contribution in [2.24, 2.45) is 0 Å². The predicted molar refractivity (Wildman–Crippen MR) is 81.8 cm³/mol. The van der Waals surface area contributed by atoms with Gasteiger partial charge in [0.05, 0.1) is 5.02 Å². The molecule has 0 amide bonds. The average Bonchev–Trinajstić information content (AvgIpc) is 3.26. The van der Waals surface area contributed by atoms with Crippen molar-refractivity contribution in [3.05, 3.63) is 58.9 Å². The number of hydrogen-bond donors (Lipinski definition) is 1. The Morgan fingerprint density at radius 3 is 2.60 bits per heavy atom. The summed E-state index contributed by atoms with van der Waals surface area (Å²) < 4.78 is 13.0. The van der Waals surface area contributed by atoms with E-state index in [9.17, 15) is 4.39 Å². The van der Waals surface area contributed by atoms with Gasteiger partial charge in [0.1, 0.15) is 5.82 Å². The largest absolute Gasteiger partial charge is 0.310 e. The summed E-state index contributed by atoms with van der Waals surface area (Å²) in [5, 5.41) is 4.25. The molecule has 0 heterocycles. The average molecular weight is 308 g/mol. The molecule has 2 aromatic rings. The van der Waals surface area contributed by atoms with Crippen molar-refractivity contribution >= 4 is 23.4 Å². The van der Waals surface area contributed by atoms with Crippen LogP contribution in [0.3, 0.4) is 0 Å². The van der Waals surface area contributed by atoms with E-state index in [1.54, 1.807) is 23.9 Å². The van der Waals surface area contributed by atoms with Crippen LogP contribution in [0.2, 0.25) is 5.02 Å². The highest BCUT2D eigenvalue weighted by molar-refractivity contribution is 7.99. The molecule has 1 N–H and O–H groups in total. The second-order valence-electron chi connectivity index (χ2n) is 4.94. The van der Waals surface area contributed by atoms with Gasteiger partial charge in [-0.05, 0) is 48.7 Å². The first-order valence-corrected chi connectivity index (χ1v) is 7.86. The Morgan fingerprint density at radius 1 is 1.15 bits per heavy atom. The van der Waals surface area contributed by atoms with E-state index in [2.05, 4.69) is 11.4 Å². The Bertz CT molecular complexity index is 596. The first-order valence-electron chi connectivity index (χ1n) is 6.66. The zero-order chi connectivity index (χ0) is 13.9. The molecular weight excluding hydrogens is 293 g/mol. The van der Waals surface area contributed by atoms with Crippen LogP contribution in [0.25, 0.3) is 0 Å². The molecule has 3 rings (SSSR count). The fraction of sp³-hybridized carbons (Fsp3) is 0.250. The molecule has 1 saturated carbocycles. The fourth-order valence-electron chi connectivity index (χ4n) is 1.97. The highest BCUT2D eigenvalue weighted by Gasteiger charge is 2.20. The molecular formula is C16H15ClFNS. The zero-order valence-electron chi connectivity index (χ0n) is 10.9. The number of benzene rings is 2. The van der Waals surface area contributed by atoms with Gasteiger partial charge in [-0.3, -0.25) is 0 Å². The maximum Gasteiger partial charge on any atom is 0.123 e. The lowest BCUT2D eigenvalue weighted by Gasteiger charge is -2.12. The Labute approximate surface area is 127 Å². The van der Waals surface area contributed by atoms with Crippen molar-refractivity contribution in [2.45, 2.75) is 35.2 Å². The molecule has 1 nitrogen and oxygen atoms in total. The summed E-state index contributed by atoms with van der Waals surface area (Å²) in [7, 11) is 0. The molecule has 4 heteroatoms. The van der Waals surface area contributed by atoms with Gasteiger partial charge >= 0.3 is 0 Å². The minimum absolute atomic E-state index is 0.218. The van der Waals surface area contributed by atoms with E-state index >= 15 is 0 Å². The predicted octanol–water partition coefficient (Wildman–Crippen LogP) is 4.88. The lowest BCUT2D eigenvalue weighted by atomic mass is 10.2. The summed E-state index contributed by atoms with van der Waals surface area (Å²) in [6, 6.07) is 13.1. The molecule has 104 valence electrons. The molecule has 0 aromatic heterocycles. The Morgan fingerprint density at radius 2 is 1.90 bits per heavy atom. The molecule has 0 spiro atoms. The molecule has 1 fully saturated rings. The molecule has 0 atom stereocenters. The number of hydrogen-bond acceptors (Lipinski definition) is 2. The van der Waals surface area contributed by atoms with Crippen LogP contribution >= 0.6 is 23.4 Å². The van der Waals surface area contributed by atoms with E-state index in [0.29, 0.717) is 6.04 Å². The van der Waals surface area contributed by atoms with Gasteiger partial charge in [0.2, 0.25) is 0 Å². The van der Waals surface area contributed by atoms with Crippen LogP contribution in [0.15, 0.2) is 52.3 Å². The number of halogens is 2. The minimum atomic E-state index is -0.218. The van der Waals surface area contributed by atoms with Gasteiger partial charge in [0, 0.05) is 22.4 Å². The first-order chi connectivity index (χ1) is 9.72. The third-order valence-corrected chi connectivity index (χ3v) is 4.86. The van der Waals surface area contributed by atoms with Crippen LogP contribution in [0.4, 0.5) is 4.39 Å². The van der Waals surface area contributed by atoms with Crippen molar-refractivity contribution < 1.29 is 4.39 Å². The SMILES string of the molecule is Fc1ccc(Sc2c(Cl)cccc2CNC2CC2)cc1. The van der Waals surface area contributed by atoms with Gasteiger partial charge in [-0.2, -0.15) is 0 Å². The summed E-state index contributed by atoms with van der Waals surface area (Å²) in [6.07, 6.45) is 2.53. The number of rotatable bonds is 5. The standard InChI is InChI=1S/C16H15ClFNS/c17-15-3-1-2-11(10-19-13-6-7-13)16(15)20-14-8-4-12(18)5-9-14/h1-5,8-9,13,19H,6-7,10H2. The zero-order valence-corrected chi connectivity index (χ0v) is 12.5. The van der Waals surface area contributed by atoms with Crippen molar-refractivity contribution in [3.8, 4) is 0 Å². The Hall–Kier alpha value is -1.03. The van der Waals surface area contributed by atoms with E-state index < -0.39 is 0 Å². The monoisotopic (exact) mass is 307 g/mol. The number of nitrogens with one attached hydrogen (secondary N) is 1. The van der Waals surface area contributed by atoms with Gasteiger partial charge in [-0.1, -0.05) is 35.5 Å². The fourth-order valence-corrected chi connectivity index (χ4v) is 3.22. The molecule has 0 radical (unpaired) electrons. The van der Waals surface area contributed by atoms with Crippen LogP contribution in [-0.4, -0.2) is 6.04 Å². The van der Waals surface area contributed by atoms with Crippen molar-refractivity contribution in [1.82, 2.24) is 5.32 Å². The van der Waals surface area contributed by atoms with Crippen LogP contribution in [-0.2, 0) is 6.54 Å². The van der Waals surface area contributed by atoms with E-state index in [1.807, 2.05) is 12.1 Å². The van der Waals surface area contributed by atoms with Crippen molar-refractivity contribution in [2.75, 3.05) is 0 Å². The van der Waals surface area contributed by atoms with Gasteiger partial charge < -0.3 is 5.32 Å². The van der Waals surface area contributed by atoms with Gasteiger partial charge in [-0.25, -0.2) is 4.39 Å². The summed E-state index contributed by atoms with van der Waals surface area (Å²) in [5.74, 6) is -0.218. The van der Waals surface area contributed by atoms with E-state index in [-0.39, 0.29) is 5.82 Å². The molecule has 0 aliphatic heterocycles. The molecule has 1 aliphatic carbocycles. The van der Waals surface area contributed by atoms with E-state index in [4.69, 9.17) is 11.6 Å². The van der Waals surface area contributed by atoms with E-state index in [1.165, 1.54) is 30.5 Å². The highest BCUT2D eigenvalue weighted by atomic mass is 35.5. The quantitative estimate of drug-likeness (QED) is 0.844. The first kappa shape index (κ1) is 13.9. The van der Waals surface area contributed by atoms with Gasteiger partial charge in [-0.15, -0.1) is 0 Å². The molecule has 20 heavy (non-hydrogen) atoms. The molecule has 0 unspecified atom stereocenters. The van der Waals surface area contributed by atoms with Gasteiger partial charge in [0.25, 0.3) is 0 Å². The third-order valence-electron chi connectivity index (χ3n) is 3.24. The maximum atomic E-state index is 13.0. The van der Waals surface area contributed by atoms with Gasteiger partial charge in [0.15, 0.2) is 0 Å². The normalized spacial score (nSPS) is 14.5. The van der Waals surface area contributed by atoms with Crippen LogP contribution in [0.5, 0.6) is 0 Å². The maximum absolute atomic E-state index is 13.0. The molecule has 1 aliphatic rings. The second-order valence-corrected chi connectivity index (χ2v) is 6.43. The third kappa shape index (κ3) is 3.54. The van der Waals surface area contributed by atoms with Crippen LogP contribution in [0.1, 0.15) is 18.4 Å². The second kappa shape index (κ2) is 6.17. The summed E-state index contributed by atoms with van der Waals surface area (Å²) >= 11 is 7.90. The lowest BCUT2D eigenvalue weighted by Crippen LogP contribution is -2.15. The molecule has 0 saturated heterocycles. The van der Waals surface area contributed by atoms with Crippen LogP contribution < -0.4 is 5.32 Å². The Kier molecular flexibility index (Phi) is 4.29. The lowest BCUT2D eigenvalue weighted by molar-refractivity contribution is 0.626. The smallest absolute Gasteiger partial charge is 0.123 e. The van der Waals surface area contributed by atoms with Crippen molar-refractivity contribution in [3.63, 3.8) is 0 Å². The Balaban J connectivity index is 1.80. The summed E-state index contributed by atoms with van der Waals surface area (Å²) in [5.41, 5.74) is 1.19. The highest BCUT2D eigenvalue weighted by Crippen LogP contribution is 2.36. The molecule has 2 aromatic carbocycles. The summed E-state index contributed by atoms with van der Waals surface area (Å²) in [6.45, 7) is 0.828. The van der Waals surface area contributed by atoms with Crippen molar-refractivity contribution in [1.29, 1.82) is 0 Å². The minimum Gasteiger partial charge on any atom is -0.310 e. The van der Waals surface area contributed by atoms with E-state index in [0.717, 1.165) is 21.4 Å². The van der Waals surface area contributed by atoms with Crippen LogP contribution in [0, 0.1) is 5.82 Å². The molecule has 0 bridgehead atoms. The summed E-state index contributed by atoms with van der Waals surface area (Å²) in [4.78, 5) is 2.04.